The number of methoxy groups -OCH3 is 1. The Hall–Kier alpha value is -2.00. The van der Waals surface area contributed by atoms with Crippen LogP contribution in [0.5, 0.6) is 11.5 Å². The van der Waals surface area contributed by atoms with Crippen LogP contribution < -0.4 is 14.8 Å². The standard InChI is InChI=1S/C18H23NO2/c1-4-16(19-2)15-10-11-17(18(12-15)20-3)21-13-14-8-6-5-7-9-14/h5-12,16,19H,4,13H2,1-3H3/t16-/m0/s1. The highest BCUT2D eigenvalue weighted by Crippen LogP contribution is 2.31. The Balaban J connectivity index is 2.13. The highest BCUT2D eigenvalue weighted by molar-refractivity contribution is 5.44. The van der Waals surface area contributed by atoms with E-state index in [9.17, 15) is 0 Å². The SMILES string of the molecule is CC[C@H](NC)c1ccc(OCc2ccccc2)c(OC)c1. The molecule has 0 spiro atoms. The van der Waals surface area contributed by atoms with Gasteiger partial charge in [0.2, 0.25) is 0 Å². The van der Waals surface area contributed by atoms with E-state index in [2.05, 4.69) is 30.4 Å². The molecule has 1 N–H and O–H groups in total. The van der Waals surface area contributed by atoms with Crippen molar-refractivity contribution in [1.29, 1.82) is 0 Å². The molecule has 0 aliphatic heterocycles. The van der Waals surface area contributed by atoms with Gasteiger partial charge in [0, 0.05) is 6.04 Å². The maximum atomic E-state index is 5.87. The van der Waals surface area contributed by atoms with Crippen molar-refractivity contribution >= 4 is 0 Å². The van der Waals surface area contributed by atoms with Crippen LogP contribution in [0.3, 0.4) is 0 Å². The van der Waals surface area contributed by atoms with Crippen LogP contribution in [0.4, 0.5) is 0 Å². The zero-order chi connectivity index (χ0) is 15.1. The van der Waals surface area contributed by atoms with Gasteiger partial charge < -0.3 is 14.8 Å². The molecule has 0 unspecified atom stereocenters. The highest BCUT2D eigenvalue weighted by Gasteiger charge is 2.11. The Labute approximate surface area is 126 Å². The molecule has 112 valence electrons. The second-order valence-corrected chi connectivity index (χ2v) is 4.93. The fourth-order valence-corrected chi connectivity index (χ4v) is 2.36. The second kappa shape index (κ2) is 7.70. The molecule has 2 rings (SSSR count). The molecule has 0 saturated heterocycles. The summed E-state index contributed by atoms with van der Waals surface area (Å²) in [6, 6.07) is 16.6. The van der Waals surface area contributed by atoms with E-state index >= 15 is 0 Å². The molecule has 0 aromatic heterocycles. The summed E-state index contributed by atoms with van der Waals surface area (Å²) in [6.45, 7) is 2.70. The van der Waals surface area contributed by atoms with Gasteiger partial charge in [-0.1, -0.05) is 43.3 Å². The van der Waals surface area contributed by atoms with Crippen molar-refractivity contribution in [2.45, 2.75) is 26.0 Å². The first-order valence-electron chi connectivity index (χ1n) is 7.30. The molecular formula is C18H23NO2. The van der Waals surface area contributed by atoms with E-state index in [0.29, 0.717) is 12.6 Å². The van der Waals surface area contributed by atoms with E-state index in [0.717, 1.165) is 23.5 Å². The molecule has 3 heteroatoms. The predicted octanol–water partition coefficient (Wildman–Crippen LogP) is 3.94. The molecule has 0 radical (unpaired) electrons. The molecule has 2 aromatic rings. The highest BCUT2D eigenvalue weighted by atomic mass is 16.5. The number of hydrogen-bond donors (Lipinski definition) is 1. The molecule has 0 aliphatic carbocycles. The van der Waals surface area contributed by atoms with Crippen molar-refractivity contribution in [3.8, 4) is 11.5 Å². The normalized spacial score (nSPS) is 12.0. The van der Waals surface area contributed by atoms with E-state index < -0.39 is 0 Å². The third kappa shape index (κ3) is 3.99. The summed E-state index contributed by atoms with van der Waals surface area (Å²) in [5, 5.41) is 3.30. The van der Waals surface area contributed by atoms with Crippen molar-refractivity contribution in [3.05, 3.63) is 59.7 Å². The molecule has 0 saturated carbocycles. The third-order valence-corrected chi connectivity index (χ3v) is 3.58. The summed E-state index contributed by atoms with van der Waals surface area (Å²) < 4.78 is 11.3. The molecule has 0 fully saturated rings. The average molecular weight is 285 g/mol. The van der Waals surface area contributed by atoms with Gasteiger partial charge in [-0.05, 0) is 36.7 Å². The minimum absolute atomic E-state index is 0.335. The Morgan fingerprint density at radius 2 is 1.81 bits per heavy atom. The Morgan fingerprint density at radius 1 is 1.05 bits per heavy atom. The monoisotopic (exact) mass is 285 g/mol. The third-order valence-electron chi connectivity index (χ3n) is 3.58. The zero-order valence-corrected chi connectivity index (χ0v) is 12.9. The van der Waals surface area contributed by atoms with Gasteiger partial charge >= 0.3 is 0 Å². The summed E-state index contributed by atoms with van der Waals surface area (Å²) in [5.41, 5.74) is 2.36. The summed E-state index contributed by atoms with van der Waals surface area (Å²) in [5.74, 6) is 1.55. The van der Waals surface area contributed by atoms with E-state index in [1.807, 2.05) is 37.4 Å². The number of nitrogens with one attached hydrogen (secondary N) is 1. The molecular weight excluding hydrogens is 262 g/mol. The number of rotatable bonds is 7. The Morgan fingerprint density at radius 3 is 2.43 bits per heavy atom. The molecule has 21 heavy (non-hydrogen) atoms. The van der Waals surface area contributed by atoms with E-state index in [1.165, 1.54) is 5.56 Å². The van der Waals surface area contributed by atoms with Crippen molar-refractivity contribution in [3.63, 3.8) is 0 Å². The first kappa shape index (κ1) is 15.4. The fraction of sp³-hybridized carbons (Fsp3) is 0.333. The summed E-state index contributed by atoms with van der Waals surface area (Å²) in [7, 11) is 3.65. The molecule has 0 bridgehead atoms. The van der Waals surface area contributed by atoms with Crippen LogP contribution >= 0.6 is 0 Å². The minimum atomic E-state index is 0.335. The van der Waals surface area contributed by atoms with Crippen LogP contribution in [-0.4, -0.2) is 14.2 Å². The van der Waals surface area contributed by atoms with Crippen LogP contribution in [0, 0.1) is 0 Å². The molecule has 0 amide bonds. The number of hydrogen-bond acceptors (Lipinski definition) is 3. The lowest BCUT2D eigenvalue weighted by Gasteiger charge is -2.17. The van der Waals surface area contributed by atoms with Crippen LogP contribution in [0.2, 0.25) is 0 Å². The minimum Gasteiger partial charge on any atom is -0.493 e. The Bertz CT molecular complexity index is 550. The van der Waals surface area contributed by atoms with Crippen molar-refractivity contribution in [2.75, 3.05) is 14.2 Å². The lowest BCUT2D eigenvalue weighted by atomic mass is 10.0. The molecule has 2 aromatic carbocycles. The molecule has 1 atom stereocenters. The first-order valence-corrected chi connectivity index (χ1v) is 7.30. The van der Waals surface area contributed by atoms with Gasteiger partial charge in [-0.15, -0.1) is 0 Å². The van der Waals surface area contributed by atoms with Gasteiger partial charge in [-0.3, -0.25) is 0 Å². The quantitative estimate of drug-likeness (QED) is 0.835. The first-order chi connectivity index (χ1) is 10.3. The Kier molecular flexibility index (Phi) is 5.64. The molecule has 3 nitrogen and oxygen atoms in total. The summed E-state index contributed by atoms with van der Waals surface area (Å²) in [6.07, 6.45) is 1.03. The van der Waals surface area contributed by atoms with Gasteiger partial charge in [0.05, 0.1) is 7.11 Å². The van der Waals surface area contributed by atoms with Crippen LogP contribution in [0.15, 0.2) is 48.5 Å². The molecule has 0 aliphatic rings. The lowest BCUT2D eigenvalue weighted by Crippen LogP contribution is -2.15. The summed E-state index contributed by atoms with van der Waals surface area (Å²) in [4.78, 5) is 0. The van der Waals surface area contributed by atoms with Crippen LogP contribution in [-0.2, 0) is 6.61 Å². The average Bonchev–Trinajstić information content (AvgIpc) is 2.55. The maximum Gasteiger partial charge on any atom is 0.161 e. The van der Waals surface area contributed by atoms with E-state index in [4.69, 9.17) is 9.47 Å². The van der Waals surface area contributed by atoms with Gasteiger partial charge in [0.1, 0.15) is 6.61 Å². The van der Waals surface area contributed by atoms with E-state index in [1.54, 1.807) is 7.11 Å². The summed E-state index contributed by atoms with van der Waals surface area (Å²) >= 11 is 0. The van der Waals surface area contributed by atoms with Crippen molar-refractivity contribution in [2.24, 2.45) is 0 Å². The number of ether oxygens (including phenoxy) is 2. The van der Waals surface area contributed by atoms with Crippen molar-refractivity contribution < 1.29 is 9.47 Å². The number of benzene rings is 2. The van der Waals surface area contributed by atoms with E-state index in [-0.39, 0.29) is 0 Å². The zero-order valence-electron chi connectivity index (χ0n) is 12.9. The largest absolute Gasteiger partial charge is 0.493 e. The predicted molar refractivity (Wildman–Crippen MR) is 85.9 cm³/mol. The smallest absolute Gasteiger partial charge is 0.161 e. The van der Waals surface area contributed by atoms with Gasteiger partial charge in [0.15, 0.2) is 11.5 Å². The van der Waals surface area contributed by atoms with Gasteiger partial charge in [-0.25, -0.2) is 0 Å². The van der Waals surface area contributed by atoms with Crippen LogP contribution in [0.1, 0.15) is 30.5 Å². The fourth-order valence-electron chi connectivity index (χ4n) is 2.36. The van der Waals surface area contributed by atoms with Crippen LogP contribution in [0.25, 0.3) is 0 Å². The van der Waals surface area contributed by atoms with Gasteiger partial charge in [0.25, 0.3) is 0 Å². The second-order valence-electron chi connectivity index (χ2n) is 4.93. The van der Waals surface area contributed by atoms with Crippen molar-refractivity contribution in [1.82, 2.24) is 5.32 Å². The topological polar surface area (TPSA) is 30.5 Å². The van der Waals surface area contributed by atoms with Gasteiger partial charge in [-0.2, -0.15) is 0 Å². The molecule has 0 heterocycles. The lowest BCUT2D eigenvalue weighted by molar-refractivity contribution is 0.284. The maximum absolute atomic E-state index is 5.87.